The van der Waals surface area contributed by atoms with Crippen molar-refractivity contribution in [1.82, 2.24) is 0 Å². The third-order valence-electron chi connectivity index (χ3n) is 4.85. The number of hydrogen-bond donors (Lipinski definition) is 0. The Labute approximate surface area is 167 Å². The number of benzene rings is 1. The summed E-state index contributed by atoms with van der Waals surface area (Å²) in [6.45, 7) is 4.50. The van der Waals surface area contributed by atoms with E-state index >= 15 is 0 Å². The first-order valence-corrected chi connectivity index (χ1v) is 11.1. The van der Waals surface area contributed by atoms with E-state index in [-0.39, 0.29) is 5.97 Å². The molecule has 0 unspecified atom stereocenters. The average Bonchev–Trinajstić information content (AvgIpc) is 2.69. The highest BCUT2D eigenvalue weighted by molar-refractivity contribution is 5.89. The molecular weight excluding hydrogens is 332 g/mol. The minimum Gasteiger partial charge on any atom is -0.462 e. The number of esters is 1. The Hall–Kier alpha value is -1.57. The number of carbonyl (C=O) groups is 1. The first kappa shape index (κ1) is 23.5. The zero-order valence-corrected chi connectivity index (χ0v) is 17.6. The van der Waals surface area contributed by atoms with E-state index in [9.17, 15) is 4.79 Å². The molecule has 0 aliphatic rings. The number of carbonyl (C=O) groups excluding carboxylic acids is 1. The SMILES string of the molecule is CCCCCCCCCCCC=CCCCc1[c]cc(C(=O)OCC)cc1. The maximum atomic E-state index is 11.6. The number of aryl methyl sites for hydroxylation is 1. The fraction of sp³-hybridized carbons (Fsp3) is 0.640. The largest absolute Gasteiger partial charge is 0.462 e. The smallest absolute Gasteiger partial charge is 0.338 e. The van der Waals surface area contributed by atoms with Crippen LogP contribution in [0.2, 0.25) is 0 Å². The van der Waals surface area contributed by atoms with Crippen molar-refractivity contribution < 1.29 is 9.53 Å². The van der Waals surface area contributed by atoms with Crippen molar-refractivity contribution in [3.05, 3.63) is 47.5 Å². The van der Waals surface area contributed by atoms with E-state index in [2.05, 4.69) is 25.1 Å². The van der Waals surface area contributed by atoms with E-state index in [1.165, 1.54) is 64.2 Å². The highest BCUT2D eigenvalue weighted by Gasteiger charge is 2.05. The summed E-state index contributed by atoms with van der Waals surface area (Å²) in [4.78, 5) is 11.6. The quantitative estimate of drug-likeness (QED) is 0.171. The summed E-state index contributed by atoms with van der Waals surface area (Å²) in [5.41, 5.74) is 1.75. The Balaban J connectivity index is 1.98. The minimum atomic E-state index is -0.264. The van der Waals surface area contributed by atoms with Gasteiger partial charge in [-0.05, 0) is 62.8 Å². The Kier molecular flexibility index (Phi) is 14.4. The van der Waals surface area contributed by atoms with Gasteiger partial charge in [-0.3, -0.25) is 0 Å². The fourth-order valence-corrected chi connectivity index (χ4v) is 3.17. The summed E-state index contributed by atoms with van der Waals surface area (Å²) >= 11 is 0. The Morgan fingerprint density at radius 2 is 1.52 bits per heavy atom. The molecule has 2 heteroatoms. The highest BCUT2D eigenvalue weighted by Crippen LogP contribution is 2.12. The molecule has 0 aliphatic carbocycles. The van der Waals surface area contributed by atoms with E-state index in [1.807, 2.05) is 19.1 Å². The summed E-state index contributed by atoms with van der Waals surface area (Å²) in [6, 6.07) is 8.76. The molecule has 0 saturated carbocycles. The third kappa shape index (κ3) is 12.4. The van der Waals surface area contributed by atoms with E-state index in [1.54, 1.807) is 6.07 Å². The molecule has 0 aromatic heterocycles. The van der Waals surface area contributed by atoms with Crippen molar-refractivity contribution in [2.24, 2.45) is 0 Å². The molecule has 0 atom stereocenters. The van der Waals surface area contributed by atoms with Crippen LogP contribution in [0.25, 0.3) is 0 Å². The molecule has 27 heavy (non-hydrogen) atoms. The molecule has 151 valence electrons. The van der Waals surface area contributed by atoms with Gasteiger partial charge in [0.25, 0.3) is 0 Å². The summed E-state index contributed by atoms with van der Waals surface area (Å²) in [7, 11) is 0. The molecule has 0 fully saturated rings. The predicted octanol–water partition coefficient (Wildman–Crippen LogP) is 7.46. The minimum absolute atomic E-state index is 0.264. The molecule has 1 rings (SSSR count). The van der Waals surface area contributed by atoms with Crippen molar-refractivity contribution in [2.45, 2.75) is 97.3 Å². The molecule has 0 heterocycles. The molecule has 0 aliphatic heterocycles. The van der Waals surface area contributed by atoms with Gasteiger partial charge >= 0.3 is 5.97 Å². The van der Waals surface area contributed by atoms with Crippen molar-refractivity contribution in [2.75, 3.05) is 6.61 Å². The van der Waals surface area contributed by atoms with Crippen molar-refractivity contribution in [1.29, 1.82) is 0 Å². The van der Waals surface area contributed by atoms with Crippen LogP contribution in [0, 0.1) is 6.07 Å². The number of hydrogen-bond acceptors (Lipinski definition) is 2. The highest BCUT2D eigenvalue weighted by atomic mass is 16.5. The van der Waals surface area contributed by atoms with Gasteiger partial charge in [0, 0.05) is 0 Å². The molecule has 0 spiro atoms. The van der Waals surface area contributed by atoms with Gasteiger partial charge in [-0.25, -0.2) is 4.79 Å². The van der Waals surface area contributed by atoms with Crippen LogP contribution in [0.5, 0.6) is 0 Å². The lowest BCUT2D eigenvalue weighted by atomic mass is 10.1. The number of rotatable bonds is 16. The lowest BCUT2D eigenvalue weighted by Gasteiger charge is -2.03. The van der Waals surface area contributed by atoms with Crippen LogP contribution in [0.15, 0.2) is 30.4 Å². The summed E-state index contributed by atoms with van der Waals surface area (Å²) in [5, 5.41) is 0. The number of allylic oxidation sites excluding steroid dienone is 2. The monoisotopic (exact) mass is 371 g/mol. The standard InChI is InChI=1S/C25H39O2/c1-3-5-6-7-8-9-10-11-12-13-14-15-16-17-18-23-19-21-24(22-20-23)25(26)27-4-2/h14-15,19,21-22H,3-13,16-18H2,1-2H3. The van der Waals surface area contributed by atoms with Crippen LogP contribution in [-0.4, -0.2) is 12.6 Å². The Morgan fingerprint density at radius 3 is 2.11 bits per heavy atom. The van der Waals surface area contributed by atoms with Gasteiger partial charge in [0.15, 0.2) is 0 Å². The lowest BCUT2D eigenvalue weighted by molar-refractivity contribution is 0.0526. The van der Waals surface area contributed by atoms with Gasteiger partial charge in [-0.1, -0.05) is 76.5 Å². The second-order valence-corrected chi connectivity index (χ2v) is 7.30. The number of unbranched alkanes of at least 4 members (excludes halogenated alkanes) is 10. The molecule has 2 nitrogen and oxygen atoms in total. The number of ether oxygens (including phenoxy) is 1. The maximum absolute atomic E-state index is 11.6. The molecule has 1 aromatic rings. The topological polar surface area (TPSA) is 26.3 Å². The first-order chi connectivity index (χ1) is 13.3. The van der Waals surface area contributed by atoms with Crippen molar-refractivity contribution >= 4 is 5.97 Å². The van der Waals surface area contributed by atoms with E-state index < -0.39 is 0 Å². The molecular formula is C25H39O2. The van der Waals surface area contributed by atoms with Gasteiger partial charge in [-0.2, -0.15) is 0 Å². The van der Waals surface area contributed by atoms with Crippen LogP contribution in [0.4, 0.5) is 0 Å². The molecule has 0 bridgehead atoms. The van der Waals surface area contributed by atoms with E-state index in [0.29, 0.717) is 12.2 Å². The average molecular weight is 372 g/mol. The van der Waals surface area contributed by atoms with Crippen molar-refractivity contribution in [3.8, 4) is 0 Å². The van der Waals surface area contributed by atoms with Gasteiger partial charge in [0.05, 0.1) is 12.2 Å². The second-order valence-electron chi connectivity index (χ2n) is 7.30. The third-order valence-corrected chi connectivity index (χ3v) is 4.85. The predicted molar refractivity (Wildman–Crippen MR) is 115 cm³/mol. The van der Waals surface area contributed by atoms with Gasteiger partial charge < -0.3 is 4.74 Å². The summed E-state index contributed by atoms with van der Waals surface area (Å²) in [6.07, 6.45) is 21.7. The van der Waals surface area contributed by atoms with E-state index in [0.717, 1.165) is 24.8 Å². The molecule has 1 radical (unpaired) electrons. The second kappa shape index (κ2) is 16.6. The summed E-state index contributed by atoms with van der Waals surface area (Å²) in [5.74, 6) is -0.264. The van der Waals surface area contributed by atoms with Crippen LogP contribution in [-0.2, 0) is 11.2 Å². The Morgan fingerprint density at radius 1 is 0.889 bits per heavy atom. The van der Waals surface area contributed by atoms with Gasteiger partial charge in [-0.15, -0.1) is 0 Å². The molecule has 0 saturated heterocycles. The zero-order chi connectivity index (χ0) is 19.6. The van der Waals surface area contributed by atoms with Crippen LogP contribution >= 0.6 is 0 Å². The Bertz CT molecular complexity index is 502. The fourth-order valence-electron chi connectivity index (χ4n) is 3.17. The van der Waals surface area contributed by atoms with Crippen LogP contribution in [0.1, 0.15) is 107 Å². The lowest BCUT2D eigenvalue weighted by Crippen LogP contribution is -2.04. The normalized spacial score (nSPS) is 11.2. The summed E-state index contributed by atoms with van der Waals surface area (Å²) < 4.78 is 4.99. The molecule has 1 aromatic carbocycles. The maximum Gasteiger partial charge on any atom is 0.338 e. The van der Waals surface area contributed by atoms with Gasteiger partial charge in [0.2, 0.25) is 0 Å². The van der Waals surface area contributed by atoms with Crippen molar-refractivity contribution in [3.63, 3.8) is 0 Å². The first-order valence-electron chi connectivity index (χ1n) is 11.1. The molecule has 0 N–H and O–H groups in total. The molecule has 0 amide bonds. The van der Waals surface area contributed by atoms with Crippen LogP contribution in [0.3, 0.4) is 0 Å². The van der Waals surface area contributed by atoms with Gasteiger partial charge in [0.1, 0.15) is 0 Å². The van der Waals surface area contributed by atoms with Crippen LogP contribution < -0.4 is 0 Å². The zero-order valence-electron chi connectivity index (χ0n) is 17.6. The van der Waals surface area contributed by atoms with E-state index in [4.69, 9.17) is 4.74 Å².